The summed E-state index contributed by atoms with van der Waals surface area (Å²) in [5, 5.41) is 2.59. The van der Waals surface area contributed by atoms with Gasteiger partial charge in [-0.2, -0.15) is 0 Å². The van der Waals surface area contributed by atoms with Gasteiger partial charge >= 0.3 is 0 Å². The fourth-order valence-electron chi connectivity index (χ4n) is 6.94. The largest absolute Gasteiger partial charge is 0.456 e. The van der Waals surface area contributed by atoms with E-state index in [9.17, 15) is 6.85 Å². The van der Waals surface area contributed by atoms with Crippen molar-refractivity contribution >= 4 is 43.5 Å². The molecule has 10 aromatic rings. The van der Waals surface area contributed by atoms with Crippen molar-refractivity contribution in [3.8, 4) is 55.6 Å². The van der Waals surface area contributed by atoms with Gasteiger partial charge in [-0.3, -0.25) is 0 Å². The Morgan fingerprint density at radius 2 is 0.882 bits per heavy atom. The molecule has 0 bridgehead atoms. The molecule has 0 unspecified atom stereocenters. The summed E-state index contributed by atoms with van der Waals surface area (Å²) in [6.07, 6.45) is 0. The third kappa shape index (κ3) is 4.86. The molecule has 0 saturated heterocycles. The van der Waals surface area contributed by atoms with Crippen molar-refractivity contribution in [2.24, 2.45) is 0 Å². The summed E-state index contributed by atoms with van der Waals surface area (Å²) in [7, 11) is 0. The van der Waals surface area contributed by atoms with Crippen LogP contribution >= 0.6 is 0 Å². The highest BCUT2D eigenvalue weighted by molar-refractivity contribution is 6.26. The molecular formula is C50H32O. The van der Waals surface area contributed by atoms with Gasteiger partial charge in [0.15, 0.2) is 0 Å². The molecule has 1 aromatic heterocycles. The predicted molar refractivity (Wildman–Crippen MR) is 216 cm³/mol. The van der Waals surface area contributed by atoms with Crippen molar-refractivity contribution in [1.29, 1.82) is 0 Å². The second-order valence-corrected chi connectivity index (χ2v) is 12.0. The van der Waals surface area contributed by atoms with E-state index in [-0.39, 0.29) is 62.8 Å². The molecule has 0 aliphatic heterocycles. The van der Waals surface area contributed by atoms with E-state index in [4.69, 9.17) is 18.1 Å². The highest BCUT2D eigenvalue weighted by Gasteiger charge is 2.21. The fraction of sp³-hybridized carbons (Fsp3) is 0. The van der Waals surface area contributed by atoms with E-state index in [1.54, 1.807) is 66.7 Å². The van der Waals surface area contributed by atoms with Crippen LogP contribution in [0.4, 0.5) is 0 Å². The van der Waals surface area contributed by atoms with Crippen molar-refractivity contribution in [1.82, 2.24) is 0 Å². The van der Waals surface area contributed by atoms with Crippen LogP contribution in [-0.2, 0) is 0 Å². The van der Waals surface area contributed by atoms with Gasteiger partial charge in [-0.25, -0.2) is 0 Å². The summed E-state index contributed by atoms with van der Waals surface area (Å²) in [4.78, 5) is 0. The second kappa shape index (κ2) is 12.0. The molecule has 0 spiro atoms. The van der Waals surface area contributed by atoms with Crippen LogP contribution < -0.4 is 0 Å². The molecule has 0 saturated carbocycles. The third-order valence-electron chi connectivity index (χ3n) is 9.16. The summed E-state index contributed by atoms with van der Waals surface area (Å²) < 4.78 is 140. The maximum Gasteiger partial charge on any atom is 0.136 e. The highest BCUT2D eigenvalue weighted by Crippen LogP contribution is 2.48. The van der Waals surface area contributed by atoms with Crippen LogP contribution in [0.5, 0.6) is 0 Å². The van der Waals surface area contributed by atoms with Gasteiger partial charge in [-0.15, -0.1) is 0 Å². The summed E-state index contributed by atoms with van der Waals surface area (Å²) in [5.41, 5.74) is 1.63. The lowest BCUT2D eigenvalue weighted by atomic mass is 9.83. The van der Waals surface area contributed by atoms with E-state index in [1.165, 1.54) is 0 Å². The molecule has 0 radical (unpaired) electrons. The molecule has 0 N–H and O–H groups in total. The van der Waals surface area contributed by atoms with Crippen LogP contribution in [0.15, 0.2) is 198 Å². The fourth-order valence-corrected chi connectivity index (χ4v) is 6.94. The second-order valence-electron chi connectivity index (χ2n) is 12.0. The molecule has 0 fully saturated rings. The van der Waals surface area contributed by atoms with E-state index < -0.39 is 77.6 Å². The SMILES string of the molecule is [2H]c1c([2H])c([2H])c(-c2c([2H])c([2H])c(-c3ccccc3-c3c4ccccc4c(-c4c([2H])c([2H])c([2H])c5oc6c([2H])c(-c7ccccc7)c([2H])c([2H])c6c45)c4ccccc34)c([2H])c2[2H])c([2H])c1[2H]. The van der Waals surface area contributed by atoms with Gasteiger partial charge in [0.05, 0.1) is 20.6 Å². The van der Waals surface area contributed by atoms with Crippen molar-refractivity contribution in [2.45, 2.75) is 0 Å². The first-order valence-electron chi connectivity index (χ1n) is 23.8. The molecule has 9 aromatic carbocycles. The minimum atomic E-state index is -0.673. The topological polar surface area (TPSA) is 13.1 Å². The molecule has 1 heterocycles. The van der Waals surface area contributed by atoms with Gasteiger partial charge in [0, 0.05) is 10.8 Å². The number of fused-ring (bicyclic) bond motifs is 5. The number of benzene rings is 9. The number of rotatable bonds is 5. The van der Waals surface area contributed by atoms with Gasteiger partial charge in [0.2, 0.25) is 0 Å². The Balaban J connectivity index is 1.30. The maximum atomic E-state index is 9.53. The predicted octanol–water partition coefficient (Wildman–Crippen LogP) is 14.2. The Morgan fingerprint density at radius 1 is 0.333 bits per heavy atom. The Bertz CT molecular complexity index is 3650. The van der Waals surface area contributed by atoms with Crippen LogP contribution in [0.2, 0.25) is 0 Å². The molecule has 1 nitrogen and oxygen atoms in total. The van der Waals surface area contributed by atoms with Gasteiger partial charge < -0.3 is 4.42 Å². The quantitative estimate of drug-likeness (QED) is 0.167. The van der Waals surface area contributed by atoms with Crippen LogP contribution in [-0.4, -0.2) is 0 Å². The normalized spacial score (nSPS) is 15.6. The van der Waals surface area contributed by atoms with Gasteiger partial charge in [-0.05, 0) is 95.3 Å². The van der Waals surface area contributed by atoms with Crippen molar-refractivity contribution in [3.05, 3.63) is 194 Å². The standard InChI is InChI=1S/C50H32O/c1-3-14-33(15-4-1)35-26-28-36(29-27-35)38-18-7-8-19-39(38)48-40-20-9-11-22-42(40)49(43-23-12-10-21-41(43)48)45-24-13-25-46-50(45)44-31-30-37(32-47(44)51-46)34-16-5-2-6-17-34/h1-32H/i1D,3D,4D,13D,14D,15D,24D,25D,26D,27D,28D,29D,30D,31D,32D. The molecular weight excluding hydrogens is 617 g/mol. The minimum Gasteiger partial charge on any atom is -0.456 e. The molecule has 0 amide bonds. The average Bonchev–Trinajstić information content (AvgIpc) is 3.73. The summed E-state index contributed by atoms with van der Waals surface area (Å²) >= 11 is 0. The number of hydrogen-bond donors (Lipinski definition) is 0. The van der Waals surface area contributed by atoms with Crippen molar-refractivity contribution < 1.29 is 25.0 Å². The summed E-state index contributed by atoms with van der Waals surface area (Å²) in [5.74, 6) is 0. The molecule has 0 aliphatic carbocycles. The van der Waals surface area contributed by atoms with Crippen LogP contribution in [0.1, 0.15) is 20.6 Å². The Hall–Kier alpha value is -6.70. The molecule has 238 valence electrons. The molecule has 1 heteroatoms. The number of furan rings is 1. The zero-order chi connectivity index (χ0) is 46.8. The van der Waals surface area contributed by atoms with E-state index in [0.29, 0.717) is 49.4 Å². The minimum absolute atomic E-state index is 0.0544. The first-order chi connectivity index (χ1) is 31.6. The van der Waals surface area contributed by atoms with Crippen molar-refractivity contribution in [2.75, 3.05) is 0 Å². The average molecular weight is 664 g/mol. The van der Waals surface area contributed by atoms with Gasteiger partial charge in [0.1, 0.15) is 11.2 Å². The Kier molecular flexibility index (Phi) is 4.19. The van der Waals surface area contributed by atoms with E-state index in [0.717, 1.165) is 0 Å². The number of hydrogen-bond acceptors (Lipinski definition) is 1. The Labute approximate surface area is 317 Å². The van der Waals surface area contributed by atoms with Crippen LogP contribution in [0.25, 0.3) is 99.1 Å². The zero-order valence-electron chi connectivity index (χ0n) is 41.7. The van der Waals surface area contributed by atoms with Crippen LogP contribution in [0, 0.1) is 0 Å². The summed E-state index contributed by atoms with van der Waals surface area (Å²) in [6, 6.07) is 23.0. The molecule has 51 heavy (non-hydrogen) atoms. The lowest BCUT2D eigenvalue weighted by Gasteiger charge is -2.20. The van der Waals surface area contributed by atoms with Crippen LogP contribution in [0.3, 0.4) is 0 Å². The first-order valence-corrected chi connectivity index (χ1v) is 16.3. The van der Waals surface area contributed by atoms with E-state index in [2.05, 4.69) is 0 Å². The lowest BCUT2D eigenvalue weighted by Crippen LogP contribution is -1.93. The van der Waals surface area contributed by atoms with Gasteiger partial charge in [-0.1, -0.05) is 176 Å². The van der Waals surface area contributed by atoms with E-state index >= 15 is 0 Å². The van der Waals surface area contributed by atoms with Crippen molar-refractivity contribution in [3.63, 3.8) is 0 Å². The zero-order valence-corrected chi connectivity index (χ0v) is 26.7. The summed E-state index contributed by atoms with van der Waals surface area (Å²) in [6.45, 7) is 0. The maximum absolute atomic E-state index is 9.53. The van der Waals surface area contributed by atoms with E-state index in [1.807, 2.05) is 36.4 Å². The third-order valence-corrected chi connectivity index (χ3v) is 9.16. The lowest BCUT2D eigenvalue weighted by molar-refractivity contribution is 0.669. The van der Waals surface area contributed by atoms with Gasteiger partial charge in [0.25, 0.3) is 0 Å². The highest BCUT2D eigenvalue weighted by atomic mass is 16.3. The monoisotopic (exact) mass is 663 g/mol. The molecule has 0 atom stereocenters. The first kappa shape index (κ1) is 17.8. The molecule has 10 rings (SSSR count). The Morgan fingerprint density at radius 3 is 1.57 bits per heavy atom. The molecule has 0 aliphatic rings. The smallest absolute Gasteiger partial charge is 0.136 e.